The van der Waals surface area contributed by atoms with Gasteiger partial charge in [-0.25, -0.2) is 0 Å². The highest BCUT2D eigenvalue weighted by Gasteiger charge is 2.29. The number of ether oxygens (including phenoxy) is 1. The number of carbonyl (C=O) groups excluding carboxylic acids is 2. The largest absolute Gasteiger partial charge is 0.482 e. The van der Waals surface area contributed by atoms with Crippen LogP contribution in [0.15, 0.2) is 48.5 Å². The summed E-state index contributed by atoms with van der Waals surface area (Å²) in [5, 5.41) is 2.88. The average molecular weight is 366 g/mol. The average Bonchev–Trinajstić information content (AvgIpc) is 2.69. The first-order valence-corrected chi connectivity index (χ1v) is 9.29. The zero-order valence-electron chi connectivity index (χ0n) is 16.1. The first-order chi connectivity index (χ1) is 12.9. The van der Waals surface area contributed by atoms with Crippen LogP contribution >= 0.6 is 0 Å². The number of anilines is 1. The first kappa shape index (κ1) is 19.0. The van der Waals surface area contributed by atoms with E-state index in [4.69, 9.17) is 4.74 Å². The number of amides is 2. The molecule has 0 atom stereocenters. The molecule has 0 saturated heterocycles. The summed E-state index contributed by atoms with van der Waals surface area (Å²) >= 11 is 0. The number of carbonyl (C=O) groups is 2. The lowest BCUT2D eigenvalue weighted by atomic mass is 9.82. The predicted molar refractivity (Wildman–Crippen MR) is 106 cm³/mol. The zero-order chi connectivity index (χ0) is 19.4. The molecule has 1 N–H and O–H groups in total. The molecule has 5 nitrogen and oxygen atoms in total. The van der Waals surface area contributed by atoms with Gasteiger partial charge in [-0.15, -0.1) is 0 Å². The molecular weight excluding hydrogens is 340 g/mol. The summed E-state index contributed by atoms with van der Waals surface area (Å²) in [7, 11) is 0. The van der Waals surface area contributed by atoms with Crippen LogP contribution in [-0.2, 0) is 21.5 Å². The molecule has 0 bridgehead atoms. The fourth-order valence-corrected chi connectivity index (χ4v) is 3.00. The Kier molecular flexibility index (Phi) is 5.49. The smallest absolute Gasteiger partial charge is 0.265 e. The molecule has 142 valence electrons. The van der Waals surface area contributed by atoms with Crippen LogP contribution in [0.25, 0.3) is 0 Å². The van der Waals surface area contributed by atoms with E-state index in [0.29, 0.717) is 18.0 Å². The maximum atomic E-state index is 12.4. The van der Waals surface area contributed by atoms with E-state index >= 15 is 0 Å². The first-order valence-electron chi connectivity index (χ1n) is 9.29. The molecule has 1 aliphatic rings. The minimum absolute atomic E-state index is 0.0158. The molecule has 27 heavy (non-hydrogen) atoms. The summed E-state index contributed by atoms with van der Waals surface area (Å²) in [6.07, 6.45) is 0.970. The van der Waals surface area contributed by atoms with E-state index in [-0.39, 0.29) is 30.4 Å². The Morgan fingerprint density at radius 1 is 1.19 bits per heavy atom. The highest BCUT2D eigenvalue weighted by atomic mass is 16.5. The molecule has 0 aliphatic carbocycles. The summed E-state index contributed by atoms with van der Waals surface area (Å²) in [6, 6.07) is 15.6. The molecule has 0 radical (unpaired) electrons. The summed E-state index contributed by atoms with van der Waals surface area (Å²) in [5.41, 5.74) is 2.79. The lowest BCUT2D eigenvalue weighted by molar-refractivity contribution is -0.125. The van der Waals surface area contributed by atoms with E-state index in [0.717, 1.165) is 17.5 Å². The second-order valence-electron chi connectivity index (χ2n) is 7.45. The SMILES string of the molecule is CCC(C)(C)c1ccc2c(c1)N(CC(=O)NCc1ccccc1)C(=O)CO2. The minimum Gasteiger partial charge on any atom is -0.482 e. The van der Waals surface area contributed by atoms with Crippen LogP contribution in [0.5, 0.6) is 5.75 Å². The van der Waals surface area contributed by atoms with Crippen molar-refractivity contribution in [1.82, 2.24) is 5.32 Å². The Labute approximate surface area is 160 Å². The van der Waals surface area contributed by atoms with E-state index in [1.807, 2.05) is 48.5 Å². The van der Waals surface area contributed by atoms with Gasteiger partial charge in [-0.2, -0.15) is 0 Å². The molecular formula is C22H26N2O3. The lowest BCUT2D eigenvalue weighted by Gasteiger charge is -2.31. The fourth-order valence-electron chi connectivity index (χ4n) is 3.00. The third-order valence-electron chi connectivity index (χ3n) is 5.20. The van der Waals surface area contributed by atoms with Gasteiger partial charge in [-0.1, -0.05) is 57.2 Å². The normalized spacial score (nSPS) is 13.7. The number of fused-ring (bicyclic) bond motifs is 1. The number of nitrogens with one attached hydrogen (secondary N) is 1. The summed E-state index contributed by atoms with van der Waals surface area (Å²) < 4.78 is 5.56. The maximum Gasteiger partial charge on any atom is 0.265 e. The highest BCUT2D eigenvalue weighted by Crippen LogP contribution is 2.37. The van der Waals surface area contributed by atoms with Gasteiger partial charge in [-0.05, 0) is 35.1 Å². The molecule has 0 saturated carbocycles. The van der Waals surface area contributed by atoms with E-state index in [9.17, 15) is 9.59 Å². The topological polar surface area (TPSA) is 58.6 Å². The second-order valence-corrected chi connectivity index (χ2v) is 7.45. The quantitative estimate of drug-likeness (QED) is 0.852. The van der Waals surface area contributed by atoms with Gasteiger partial charge >= 0.3 is 0 Å². The van der Waals surface area contributed by atoms with E-state index < -0.39 is 0 Å². The molecule has 2 amide bonds. The fraction of sp³-hybridized carbons (Fsp3) is 0.364. The monoisotopic (exact) mass is 366 g/mol. The molecule has 0 aromatic heterocycles. The van der Waals surface area contributed by atoms with Crippen molar-refractivity contribution in [2.75, 3.05) is 18.1 Å². The molecule has 0 fully saturated rings. The lowest BCUT2D eigenvalue weighted by Crippen LogP contribution is -2.45. The Balaban J connectivity index is 1.76. The molecule has 0 unspecified atom stereocenters. The Hall–Kier alpha value is -2.82. The van der Waals surface area contributed by atoms with Crippen molar-refractivity contribution in [2.45, 2.75) is 39.2 Å². The number of nitrogens with zero attached hydrogens (tertiary/aromatic N) is 1. The van der Waals surface area contributed by atoms with E-state index in [1.165, 1.54) is 4.90 Å². The van der Waals surface area contributed by atoms with Gasteiger partial charge in [0.25, 0.3) is 5.91 Å². The third-order valence-corrected chi connectivity index (χ3v) is 5.20. The molecule has 2 aromatic rings. The molecule has 3 rings (SSSR count). The second kappa shape index (κ2) is 7.82. The number of hydrogen-bond donors (Lipinski definition) is 1. The minimum atomic E-state index is -0.205. The van der Waals surface area contributed by atoms with Gasteiger partial charge in [-0.3, -0.25) is 14.5 Å². The van der Waals surface area contributed by atoms with Crippen LogP contribution < -0.4 is 15.0 Å². The standard InChI is InChI=1S/C22H26N2O3/c1-4-22(2,3)17-10-11-19-18(12-17)24(21(26)15-27-19)14-20(25)23-13-16-8-6-5-7-9-16/h5-12H,4,13-15H2,1-3H3,(H,23,25). The Morgan fingerprint density at radius 3 is 2.63 bits per heavy atom. The van der Waals surface area contributed by atoms with Crippen LogP contribution in [0, 0.1) is 0 Å². The number of hydrogen-bond acceptors (Lipinski definition) is 3. The van der Waals surface area contributed by atoms with E-state index in [2.05, 4.69) is 26.1 Å². The molecule has 2 aromatic carbocycles. The summed E-state index contributed by atoms with van der Waals surface area (Å²) in [5.74, 6) is 0.241. The summed E-state index contributed by atoms with van der Waals surface area (Å²) in [4.78, 5) is 26.4. The summed E-state index contributed by atoms with van der Waals surface area (Å²) in [6.45, 7) is 6.84. The van der Waals surface area contributed by atoms with Gasteiger partial charge in [0.05, 0.1) is 5.69 Å². The molecule has 5 heteroatoms. The Bertz CT molecular complexity index is 831. The van der Waals surface area contributed by atoms with Crippen LogP contribution in [0.3, 0.4) is 0 Å². The van der Waals surface area contributed by atoms with Crippen LogP contribution in [0.2, 0.25) is 0 Å². The van der Waals surface area contributed by atoms with Crippen molar-refractivity contribution in [3.05, 3.63) is 59.7 Å². The number of benzene rings is 2. The van der Waals surface area contributed by atoms with Crippen molar-refractivity contribution >= 4 is 17.5 Å². The van der Waals surface area contributed by atoms with Crippen LogP contribution in [0.1, 0.15) is 38.3 Å². The van der Waals surface area contributed by atoms with Crippen molar-refractivity contribution in [3.8, 4) is 5.75 Å². The number of rotatable bonds is 6. The highest BCUT2D eigenvalue weighted by molar-refractivity contribution is 6.02. The van der Waals surface area contributed by atoms with Crippen LogP contribution in [-0.4, -0.2) is 25.0 Å². The molecule has 0 spiro atoms. The van der Waals surface area contributed by atoms with Gasteiger partial charge in [0, 0.05) is 6.54 Å². The van der Waals surface area contributed by atoms with Crippen molar-refractivity contribution in [3.63, 3.8) is 0 Å². The van der Waals surface area contributed by atoms with Gasteiger partial charge in [0.2, 0.25) is 5.91 Å². The predicted octanol–water partition coefficient (Wildman–Crippen LogP) is 3.42. The molecule has 1 heterocycles. The maximum absolute atomic E-state index is 12.4. The van der Waals surface area contributed by atoms with Gasteiger partial charge in [0.15, 0.2) is 6.61 Å². The zero-order valence-corrected chi connectivity index (χ0v) is 16.1. The Morgan fingerprint density at radius 2 is 1.93 bits per heavy atom. The van der Waals surface area contributed by atoms with Crippen molar-refractivity contribution < 1.29 is 14.3 Å². The van der Waals surface area contributed by atoms with Crippen molar-refractivity contribution in [2.24, 2.45) is 0 Å². The van der Waals surface area contributed by atoms with Gasteiger partial charge in [0.1, 0.15) is 12.3 Å². The molecule has 1 aliphatic heterocycles. The van der Waals surface area contributed by atoms with Crippen LogP contribution in [0.4, 0.5) is 5.69 Å². The van der Waals surface area contributed by atoms with E-state index in [1.54, 1.807) is 0 Å². The van der Waals surface area contributed by atoms with Crippen molar-refractivity contribution in [1.29, 1.82) is 0 Å². The third kappa shape index (κ3) is 4.30. The van der Waals surface area contributed by atoms with Gasteiger partial charge < -0.3 is 10.1 Å².